The number of rotatable bonds is 3. The zero-order valence-electron chi connectivity index (χ0n) is 13.7. The van der Waals surface area contributed by atoms with Crippen molar-refractivity contribution >= 4 is 29.9 Å². The molecule has 130 valence electrons. The number of carbonyl (C=O) groups excluding carboxylic acids is 1. The lowest BCUT2D eigenvalue weighted by Crippen LogP contribution is -2.40. The molecule has 1 aliphatic heterocycles. The fourth-order valence-electron chi connectivity index (χ4n) is 3.04. The van der Waals surface area contributed by atoms with Gasteiger partial charge in [-0.1, -0.05) is 11.6 Å². The molecule has 1 fully saturated rings. The number of nitrogens with two attached hydrogens (primary N) is 1. The molecule has 0 bridgehead atoms. The average Bonchev–Trinajstić information content (AvgIpc) is 3.13. The van der Waals surface area contributed by atoms with Gasteiger partial charge in [0, 0.05) is 24.8 Å². The zero-order valence-corrected chi connectivity index (χ0v) is 15.3. The third kappa shape index (κ3) is 3.41. The third-order valence-corrected chi connectivity index (χ3v) is 4.48. The Hall–Kier alpha value is -1.63. The number of halogens is 2. The summed E-state index contributed by atoms with van der Waals surface area (Å²) in [5.74, 6) is 0.429. The second-order valence-electron chi connectivity index (χ2n) is 5.87. The van der Waals surface area contributed by atoms with Crippen LogP contribution in [0, 0.1) is 13.8 Å². The van der Waals surface area contributed by atoms with Crippen molar-refractivity contribution in [3.8, 4) is 5.82 Å². The van der Waals surface area contributed by atoms with E-state index < -0.39 is 0 Å². The highest BCUT2D eigenvalue weighted by molar-refractivity contribution is 6.33. The molecule has 1 amide bonds. The Kier molecular flexibility index (Phi) is 5.85. The van der Waals surface area contributed by atoms with E-state index in [1.54, 1.807) is 21.7 Å². The first-order valence-corrected chi connectivity index (χ1v) is 8.10. The predicted octanol–water partition coefficient (Wildman–Crippen LogP) is 2.52. The largest absolute Gasteiger partial charge is 0.333 e. The first kappa shape index (κ1) is 18.7. The van der Waals surface area contributed by atoms with Crippen LogP contribution in [0.3, 0.4) is 0 Å². The van der Waals surface area contributed by atoms with E-state index in [0.29, 0.717) is 23.9 Å². The normalized spacial score (nSPS) is 17.0. The quantitative estimate of drug-likeness (QED) is 0.901. The van der Waals surface area contributed by atoms with E-state index in [4.69, 9.17) is 17.3 Å². The molecule has 6 nitrogen and oxygen atoms in total. The van der Waals surface area contributed by atoms with Gasteiger partial charge in [0.25, 0.3) is 5.91 Å². The topological polar surface area (TPSA) is 77.0 Å². The monoisotopic (exact) mass is 369 g/mol. The lowest BCUT2D eigenvalue weighted by molar-refractivity contribution is 0.0735. The van der Waals surface area contributed by atoms with Crippen LogP contribution in [0.5, 0.6) is 0 Å². The molecule has 2 N–H and O–H groups in total. The SMILES string of the molecule is Cc1cc(C)n(-c2ccc(Cl)c(C(=O)N3CCCC3CN)n2)n1.Cl. The molecular weight excluding hydrogens is 349 g/mol. The number of amides is 1. The Bertz CT molecular complexity index is 746. The summed E-state index contributed by atoms with van der Waals surface area (Å²) in [6.45, 7) is 5.02. The van der Waals surface area contributed by atoms with Crippen LogP contribution in [0.15, 0.2) is 18.2 Å². The molecule has 3 rings (SSSR count). The summed E-state index contributed by atoms with van der Waals surface area (Å²) >= 11 is 6.22. The second kappa shape index (κ2) is 7.51. The van der Waals surface area contributed by atoms with Crippen LogP contribution in [0.4, 0.5) is 0 Å². The van der Waals surface area contributed by atoms with E-state index >= 15 is 0 Å². The molecule has 1 atom stereocenters. The molecule has 1 unspecified atom stereocenters. The molecule has 2 aromatic heterocycles. The number of carbonyl (C=O) groups is 1. The second-order valence-corrected chi connectivity index (χ2v) is 6.28. The first-order chi connectivity index (χ1) is 11.0. The van der Waals surface area contributed by atoms with Crippen LogP contribution in [0.25, 0.3) is 5.82 Å². The van der Waals surface area contributed by atoms with Crippen LogP contribution in [-0.2, 0) is 0 Å². The van der Waals surface area contributed by atoms with Crippen molar-refractivity contribution in [1.29, 1.82) is 0 Å². The summed E-state index contributed by atoms with van der Waals surface area (Å²) in [6, 6.07) is 5.49. The van der Waals surface area contributed by atoms with Crippen molar-refractivity contribution in [2.24, 2.45) is 5.73 Å². The molecule has 0 spiro atoms. The minimum absolute atomic E-state index is 0. The van der Waals surface area contributed by atoms with Gasteiger partial charge >= 0.3 is 0 Å². The maximum absolute atomic E-state index is 12.8. The number of nitrogens with zero attached hydrogens (tertiary/aromatic N) is 4. The number of hydrogen-bond donors (Lipinski definition) is 1. The third-order valence-electron chi connectivity index (χ3n) is 4.17. The summed E-state index contributed by atoms with van der Waals surface area (Å²) in [6.07, 6.45) is 1.89. The molecule has 0 aliphatic carbocycles. The minimum atomic E-state index is -0.161. The summed E-state index contributed by atoms with van der Waals surface area (Å²) in [5, 5.41) is 4.76. The fraction of sp³-hybridized carbons (Fsp3) is 0.438. The Morgan fingerprint density at radius 1 is 1.42 bits per heavy atom. The van der Waals surface area contributed by atoms with E-state index in [0.717, 1.165) is 24.2 Å². The van der Waals surface area contributed by atoms with Gasteiger partial charge in [0.05, 0.1) is 10.7 Å². The minimum Gasteiger partial charge on any atom is -0.333 e. The van der Waals surface area contributed by atoms with Gasteiger partial charge in [0.1, 0.15) is 5.69 Å². The number of aryl methyl sites for hydroxylation is 2. The molecular formula is C16H21Cl2N5O. The first-order valence-electron chi connectivity index (χ1n) is 7.72. The molecule has 0 saturated carbocycles. The van der Waals surface area contributed by atoms with Gasteiger partial charge in [-0.3, -0.25) is 4.79 Å². The van der Waals surface area contributed by atoms with Crippen molar-refractivity contribution in [1.82, 2.24) is 19.7 Å². The highest BCUT2D eigenvalue weighted by Crippen LogP contribution is 2.23. The van der Waals surface area contributed by atoms with Crippen LogP contribution in [0.2, 0.25) is 5.02 Å². The number of likely N-dealkylation sites (tertiary alicyclic amines) is 1. The Morgan fingerprint density at radius 2 is 2.17 bits per heavy atom. The number of hydrogen-bond acceptors (Lipinski definition) is 4. The molecule has 0 aromatic carbocycles. The molecule has 3 heterocycles. The van der Waals surface area contributed by atoms with Gasteiger partial charge in [-0.15, -0.1) is 12.4 Å². The lowest BCUT2D eigenvalue weighted by Gasteiger charge is -2.23. The van der Waals surface area contributed by atoms with E-state index in [1.807, 2.05) is 19.9 Å². The van der Waals surface area contributed by atoms with Crippen molar-refractivity contribution in [2.75, 3.05) is 13.1 Å². The van der Waals surface area contributed by atoms with Gasteiger partial charge in [-0.05, 0) is 44.9 Å². The molecule has 1 saturated heterocycles. The van der Waals surface area contributed by atoms with Gasteiger partial charge in [0.15, 0.2) is 5.82 Å². The van der Waals surface area contributed by atoms with Crippen molar-refractivity contribution < 1.29 is 4.79 Å². The number of pyridine rings is 1. The van der Waals surface area contributed by atoms with Crippen molar-refractivity contribution in [3.05, 3.63) is 40.3 Å². The Labute approximate surface area is 152 Å². The van der Waals surface area contributed by atoms with E-state index in [1.165, 1.54) is 0 Å². The molecule has 1 aliphatic rings. The molecule has 0 radical (unpaired) electrons. The van der Waals surface area contributed by atoms with Crippen LogP contribution in [0.1, 0.15) is 34.7 Å². The van der Waals surface area contributed by atoms with Gasteiger partial charge in [-0.25, -0.2) is 9.67 Å². The van der Waals surface area contributed by atoms with Crippen LogP contribution in [-0.4, -0.2) is 44.7 Å². The highest BCUT2D eigenvalue weighted by atomic mass is 35.5. The summed E-state index contributed by atoms with van der Waals surface area (Å²) < 4.78 is 1.72. The summed E-state index contributed by atoms with van der Waals surface area (Å²) in [4.78, 5) is 19.0. The standard InChI is InChI=1S/C16H20ClN5O.ClH/c1-10-8-11(2)22(20-10)14-6-5-13(17)15(19-14)16(23)21-7-3-4-12(21)9-18;/h5-6,8,12H,3-4,7,9,18H2,1-2H3;1H. The van der Waals surface area contributed by atoms with Crippen molar-refractivity contribution in [2.45, 2.75) is 32.7 Å². The van der Waals surface area contributed by atoms with E-state index in [2.05, 4.69) is 10.1 Å². The predicted molar refractivity (Wildman–Crippen MR) is 96.2 cm³/mol. The van der Waals surface area contributed by atoms with Crippen LogP contribution >= 0.6 is 24.0 Å². The average molecular weight is 370 g/mol. The molecule has 24 heavy (non-hydrogen) atoms. The number of aromatic nitrogens is 3. The molecule has 2 aromatic rings. The highest BCUT2D eigenvalue weighted by Gasteiger charge is 2.30. The Morgan fingerprint density at radius 3 is 2.79 bits per heavy atom. The maximum Gasteiger partial charge on any atom is 0.274 e. The molecule has 8 heteroatoms. The summed E-state index contributed by atoms with van der Waals surface area (Å²) in [7, 11) is 0. The Balaban J connectivity index is 0.00000208. The van der Waals surface area contributed by atoms with Gasteiger partial charge < -0.3 is 10.6 Å². The van der Waals surface area contributed by atoms with Crippen LogP contribution < -0.4 is 5.73 Å². The smallest absolute Gasteiger partial charge is 0.274 e. The zero-order chi connectivity index (χ0) is 16.6. The lowest BCUT2D eigenvalue weighted by atomic mass is 10.2. The van der Waals surface area contributed by atoms with Crippen molar-refractivity contribution in [3.63, 3.8) is 0 Å². The fourth-order valence-corrected chi connectivity index (χ4v) is 3.23. The maximum atomic E-state index is 12.8. The van der Waals surface area contributed by atoms with E-state index in [-0.39, 0.29) is 30.0 Å². The van der Waals surface area contributed by atoms with E-state index in [9.17, 15) is 4.79 Å². The summed E-state index contributed by atoms with van der Waals surface area (Å²) in [5.41, 5.74) is 7.87. The van der Waals surface area contributed by atoms with Gasteiger partial charge in [-0.2, -0.15) is 5.10 Å². The van der Waals surface area contributed by atoms with Gasteiger partial charge in [0.2, 0.25) is 0 Å².